The van der Waals surface area contributed by atoms with Crippen LogP contribution >= 0.6 is 35.3 Å². The molecule has 0 bridgehead atoms. The molecule has 1 saturated heterocycles. The van der Waals surface area contributed by atoms with Gasteiger partial charge >= 0.3 is 5.97 Å². The molecule has 3 N–H and O–H groups in total. The standard InChI is InChI=1S/C16H12N2O5S4/c17-27(22,23)11-3-1-2-9(6-11)12-5-4-10(25-12)7-13-15(21)18(8-14(19)20)16(24)26-13/h1-7H,8H2,(H,19,20)(H2,17,22,23). The lowest BCUT2D eigenvalue weighted by molar-refractivity contribution is -0.140. The van der Waals surface area contributed by atoms with E-state index in [2.05, 4.69) is 0 Å². The molecule has 3 rings (SSSR count). The second-order valence-electron chi connectivity index (χ2n) is 5.44. The number of primary sulfonamides is 1. The molecule has 7 nitrogen and oxygen atoms in total. The fourth-order valence-corrected chi connectivity index (χ4v) is 5.14. The van der Waals surface area contributed by atoms with E-state index in [4.69, 9.17) is 22.5 Å². The van der Waals surface area contributed by atoms with Gasteiger partial charge in [0.15, 0.2) is 0 Å². The summed E-state index contributed by atoms with van der Waals surface area (Å²) in [7, 11) is -3.80. The van der Waals surface area contributed by atoms with Crippen LogP contribution in [0.1, 0.15) is 4.88 Å². The van der Waals surface area contributed by atoms with E-state index in [0.717, 1.165) is 26.4 Å². The highest BCUT2D eigenvalue weighted by Crippen LogP contribution is 2.35. The highest BCUT2D eigenvalue weighted by atomic mass is 32.2. The first kappa shape index (κ1) is 19.7. The molecular formula is C16H12N2O5S4. The summed E-state index contributed by atoms with van der Waals surface area (Å²) in [5.41, 5.74) is 0.685. The van der Waals surface area contributed by atoms with Crippen LogP contribution in [0.3, 0.4) is 0 Å². The number of thiocarbonyl (C=S) groups is 1. The normalized spacial score (nSPS) is 16.3. The number of carboxylic acid groups (broad SMARTS) is 1. The Morgan fingerprint density at radius 3 is 2.70 bits per heavy atom. The van der Waals surface area contributed by atoms with Gasteiger partial charge in [0, 0.05) is 9.75 Å². The number of sulfonamides is 1. The van der Waals surface area contributed by atoms with Crippen LogP contribution in [0.5, 0.6) is 0 Å². The van der Waals surface area contributed by atoms with Crippen molar-refractivity contribution < 1.29 is 23.1 Å². The van der Waals surface area contributed by atoms with Crippen molar-refractivity contribution in [2.45, 2.75) is 4.90 Å². The number of carbonyl (C=O) groups is 2. The van der Waals surface area contributed by atoms with E-state index in [0.29, 0.717) is 10.5 Å². The van der Waals surface area contributed by atoms with Gasteiger partial charge in [0.1, 0.15) is 10.9 Å². The van der Waals surface area contributed by atoms with Crippen LogP contribution < -0.4 is 5.14 Å². The fraction of sp³-hybridized carbons (Fsp3) is 0.0625. The van der Waals surface area contributed by atoms with Gasteiger partial charge < -0.3 is 5.11 Å². The third-order valence-electron chi connectivity index (χ3n) is 3.51. The number of thiophene rings is 1. The van der Waals surface area contributed by atoms with Crippen LogP contribution in [-0.4, -0.2) is 41.2 Å². The third kappa shape index (κ3) is 4.45. The van der Waals surface area contributed by atoms with Gasteiger partial charge in [-0.1, -0.05) is 36.1 Å². The Bertz CT molecular complexity index is 1090. The third-order valence-corrected chi connectivity index (χ3v) is 6.88. The second-order valence-corrected chi connectivity index (χ2v) is 9.79. The number of carbonyl (C=O) groups excluding carboxylic acids is 1. The zero-order valence-electron chi connectivity index (χ0n) is 13.5. The van der Waals surface area contributed by atoms with Crippen molar-refractivity contribution in [3.63, 3.8) is 0 Å². The van der Waals surface area contributed by atoms with Crippen molar-refractivity contribution in [2.75, 3.05) is 6.54 Å². The Morgan fingerprint density at radius 1 is 1.30 bits per heavy atom. The number of thioether (sulfide) groups is 1. The molecule has 2 aromatic rings. The van der Waals surface area contributed by atoms with Gasteiger partial charge in [-0.2, -0.15) is 0 Å². The number of nitrogens with two attached hydrogens (primary N) is 1. The molecule has 1 aromatic heterocycles. The molecule has 0 unspecified atom stereocenters. The first-order valence-electron chi connectivity index (χ1n) is 7.35. The van der Waals surface area contributed by atoms with Crippen molar-refractivity contribution in [1.82, 2.24) is 4.90 Å². The highest BCUT2D eigenvalue weighted by Gasteiger charge is 2.33. The van der Waals surface area contributed by atoms with Gasteiger partial charge in [0.25, 0.3) is 5.91 Å². The molecule has 0 aliphatic carbocycles. The number of amides is 1. The quantitative estimate of drug-likeness (QED) is 0.541. The van der Waals surface area contributed by atoms with Crippen LogP contribution in [0.4, 0.5) is 0 Å². The zero-order chi connectivity index (χ0) is 19.8. The van der Waals surface area contributed by atoms with Crippen LogP contribution in [-0.2, 0) is 19.6 Å². The summed E-state index contributed by atoms with van der Waals surface area (Å²) in [4.78, 5) is 26.1. The average Bonchev–Trinajstić information content (AvgIpc) is 3.15. The van der Waals surface area contributed by atoms with E-state index < -0.39 is 28.4 Å². The molecule has 140 valence electrons. The first-order valence-corrected chi connectivity index (χ1v) is 10.9. The topological polar surface area (TPSA) is 118 Å². The average molecular weight is 441 g/mol. The SMILES string of the molecule is NS(=O)(=O)c1cccc(-c2ccc(C=C3SC(=S)N(CC(=O)O)C3=O)s2)c1. The molecule has 1 fully saturated rings. The monoisotopic (exact) mass is 440 g/mol. The molecule has 1 aliphatic heterocycles. The van der Waals surface area contributed by atoms with E-state index in [9.17, 15) is 18.0 Å². The zero-order valence-corrected chi connectivity index (χ0v) is 16.8. The lowest BCUT2D eigenvalue weighted by Gasteiger charge is -2.09. The minimum Gasteiger partial charge on any atom is -0.480 e. The molecule has 1 aliphatic rings. The molecule has 0 saturated carbocycles. The number of hydrogen-bond acceptors (Lipinski definition) is 7. The van der Waals surface area contributed by atoms with Crippen molar-refractivity contribution in [1.29, 1.82) is 0 Å². The lowest BCUT2D eigenvalue weighted by atomic mass is 10.2. The second kappa shape index (κ2) is 7.52. The lowest BCUT2D eigenvalue weighted by Crippen LogP contribution is -2.33. The van der Waals surface area contributed by atoms with Gasteiger partial charge in [-0.3, -0.25) is 14.5 Å². The van der Waals surface area contributed by atoms with Crippen LogP contribution in [0.25, 0.3) is 16.5 Å². The number of benzene rings is 1. The highest BCUT2D eigenvalue weighted by molar-refractivity contribution is 8.26. The Morgan fingerprint density at radius 2 is 2.04 bits per heavy atom. The fourth-order valence-electron chi connectivity index (χ4n) is 2.31. The van der Waals surface area contributed by atoms with Crippen molar-refractivity contribution in [3.05, 3.63) is 46.2 Å². The molecule has 11 heteroatoms. The van der Waals surface area contributed by atoms with Crippen LogP contribution in [0, 0.1) is 0 Å². The van der Waals surface area contributed by atoms with Crippen molar-refractivity contribution >= 4 is 67.6 Å². The van der Waals surface area contributed by atoms with Gasteiger partial charge in [-0.15, -0.1) is 11.3 Å². The van der Waals surface area contributed by atoms with Crippen molar-refractivity contribution in [2.24, 2.45) is 5.14 Å². The van der Waals surface area contributed by atoms with Gasteiger partial charge in [-0.05, 0) is 35.9 Å². The van der Waals surface area contributed by atoms with E-state index in [1.165, 1.54) is 23.5 Å². The Kier molecular flexibility index (Phi) is 5.49. The smallest absolute Gasteiger partial charge is 0.323 e. The Balaban J connectivity index is 1.87. The molecule has 27 heavy (non-hydrogen) atoms. The summed E-state index contributed by atoms with van der Waals surface area (Å²) in [6, 6.07) is 9.85. The number of carboxylic acids is 1. The summed E-state index contributed by atoms with van der Waals surface area (Å²) in [5, 5.41) is 14.0. The summed E-state index contributed by atoms with van der Waals surface area (Å²) >= 11 is 7.46. The van der Waals surface area contributed by atoms with Gasteiger partial charge in [-0.25, -0.2) is 13.6 Å². The predicted molar refractivity (Wildman–Crippen MR) is 109 cm³/mol. The molecule has 1 aromatic carbocycles. The number of hydrogen-bond donors (Lipinski definition) is 2. The maximum atomic E-state index is 12.3. The first-order chi connectivity index (χ1) is 12.6. The predicted octanol–water partition coefficient (Wildman–Crippen LogP) is 2.35. The molecule has 2 heterocycles. The van der Waals surface area contributed by atoms with E-state index in [1.807, 2.05) is 0 Å². The summed E-state index contributed by atoms with van der Waals surface area (Å²) < 4.78 is 23.2. The number of aliphatic carboxylic acids is 1. The Labute approximate surface area is 168 Å². The van der Waals surface area contributed by atoms with Crippen molar-refractivity contribution in [3.8, 4) is 10.4 Å². The molecule has 1 amide bonds. The van der Waals surface area contributed by atoms with Crippen LogP contribution in [0.2, 0.25) is 0 Å². The van der Waals surface area contributed by atoms with E-state index >= 15 is 0 Å². The molecular weight excluding hydrogens is 428 g/mol. The molecule has 0 atom stereocenters. The summed E-state index contributed by atoms with van der Waals surface area (Å²) in [5.74, 6) is -1.58. The minimum absolute atomic E-state index is 0.0180. The maximum Gasteiger partial charge on any atom is 0.323 e. The number of rotatable bonds is 5. The van der Waals surface area contributed by atoms with E-state index in [1.54, 1.807) is 30.3 Å². The molecule has 0 spiro atoms. The van der Waals surface area contributed by atoms with Gasteiger partial charge in [0.05, 0.1) is 9.80 Å². The molecule has 0 radical (unpaired) electrons. The number of nitrogens with zero attached hydrogens (tertiary/aromatic N) is 1. The largest absolute Gasteiger partial charge is 0.480 e. The maximum absolute atomic E-state index is 12.3. The van der Waals surface area contributed by atoms with E-state index in [-0.39, 0.29) is 9.22 Å². The summed E-state index contributed by atoms with van der Waals surface area (Å²) in [6.45, 7) is -0.474. The summed E-state index contributed by atoms with van der Waals surface area (Å²) in [6.07, 6.45) is 1.64. The Hall–Kier alpha value is -2.05. The minimum atomic E-state index is -3.80. The van der Waals surface area contributed by atoms with Gasteiger partial charge in [0.2, 0.25) is 10.0 Å². The van der Waals surface area contributed by atoms with Crippen LogP contribution in [0.15, 0.2) is 46.2 Å².